The average molecular weight is 581 g/mol. The molecule has 4 heterocycles. The van der Waals surface area contributed by atoms with E-state index in [9.17, 15) is 9.59 Å². The largest absolute Gasteiger partial charge is 0.381 e. The molecule has 2 aliphatic rings. The molecule has 0 bridgehead atoms. The van der Waals surface area contributed by atoms with Crippen molar-refractivity contribution < 1.29 is 14.3 Å². The van der Waals surface area contributed by atoms with Gasteiger partial charge in [-0.15, -0.1) is 0 Å². The molecule has 2 aromatic heterocycles. The number of H-pyrrole nitrogens is 1. The molecule has 1 saturated heterocycles. The lowest BCUT2D eigenvalue weighted by Crippen LogP contribution is -2.41. The summed E-state index contributed by atoms with van der Waals surface area (Å²) in [5, 5.41) is 3.18. The minimum Gasteiger partial charge on any atom is -0.381 e. The molecule has 224 valence electrons. The van der Waals surface area contributed by atoms with Crippen LogP contribution in [-0.4, -0.2) is 64.0 Å². The third kappa shape index (κ3) is 5.79. The number of aryl methyl sites for hydroxylation is 2. The second-order valence-corrected chi connectivity index (χ2v) is 12.0. The molecule has 2 amide bonds. The number of primary amides is 1. The van der Waals surface area contributed by atoms with Crippen LogP contribution in [-0.2, 0) is 22.5 Å². The van der Waals surface area contributed by atoms with Gasteiger partial charge in [-0.1, -0.05) is 0 Å². The Kier molecular flexibility index (Phi) is 8.03. The first-order valence-electron chi connectivity index (χ1n) is 15.2. The zero-order valence-electron chi connectivity index (χ0n) is 25.5. The molecule has 0 unspecified atom stereocenters. The fourth-order valence-corrected chi connectivity index (χ4v) is 6.69. The van der Waals surface area contributed by atoms with E-state index >= 15 is 0 Å². The number of carbonyl (C=O) groups excluding carboxylic acids is 2. The highest BCUT2D eigenvalue weighted by atomic mass is 16.5. The van der Waals surface area contributed by atoms with Gasteiger partial charge < -0.3 is 20.8 Å². The Labute approximate surface area is 252 Å². The first kappa shape index (κ1) is 29.0. The number of nitrogens with two attached hydrogens (primary N) is 1. The first-order valence-corrected chi connectivity index (χ1v) is 15.2. The number of aromatic nitrogens is 3. The van der Waals surface area contributed by atoms with E-state index in [0.29, 0.717) is 17.6 Å². The van der Waals surface area contributed by atoms with Crippen LogP contribution in [0.1, 0.15) is 63.0 Å². The molecule has 0 saturated carbocycles. The van der Waals surface area contributed by atoms with Crippen LogP contribution in [0.2, 0.25) is 0 Å². The molecule has 4 aromatic rings. The van der Waals surface area contributed by atoms with Crippen molar-refractivity contribution in [2.45, 2.75) is 66.0 Å². The number of nitrogens with one attached hydrogen (secondary N) is 2. The Balaban J connectivity index is 1.25. The fraction of sp³-hybridized carbons (Fsp3) is 0.412. The van der Waals surface area contributed by atoms with Crippen molar-refractivity contribution in [3.05, 3.63) is 69.5 Å². The summed E-state index contributed by atoms with van der Waals surface area (Å²) in [7, 11) is 0. The third-order valence-electron chi connectivity index (χ3n) is 9.19. The second-order valence-electron chi connectivity index (χ2n) is 12.0. The van der Waals surface area contributed by atoms with Gasteiger partial charge in [0.25, 0.3) is 0 Å². The Morgan fingerprint density at radius 1 is 1.09 bits per heavy atom. The highest BCUT2D eigenvalue weighted by Gasteiger charge is 2.23. The van der Waals surface area contributed by atoms with E-state index < -0.39 is 5.91 Å². The minimum atomic E-state index is -0.421. The zero-order valence-corrected chi connectivity index (χ0v) is 25.5. The smallest absolute Gasteiger partial charge is 0.248 e. The van der Waals surface area contributed by atoms with Gasteiger partial charge in [0.15, 0.2) is 5.65 Å². The van der Waals surface area contributed by atoms with Gasteiger partial charge >= 0.3 is 0 Å². The van der Waals surface area contributed by atoms with Crippen molar-refractivity contribution >= 4 is 23.0 Å². The Bertz CT molecular complexity index is 1720. The standard InChI is InChI=1S/C34H40N6O3/c1-19-13-23(15-24-18-40(9-5-26(19)24)10-6-30(41)38-25-7-11-43-12-8-25)29-17-37-34-32(39-29)28(16-36-34)31-20(2)14-27(33(35)42)21(3)22(31)4/h13-17,25H,5-12,18H2,1-4H3,(H2,35,42)(H,36,37)(H,38,41). The van der Waals surface area contributed by atoms with Gasteiger partial charge in [-0.3, -0.25) is 14.5 Å². The SMILES string of the molecule is Cc1cc(-c2cnc3[nH]cc(-c4c(C)cc(C(N)=O)c(C)c4C)c3n2)cc2c1CCN(CCC(=O)NC1CCOCC1)C2. The number of hydrogen-bond acceptors (Lipinski definition) is 6. The molecular formula is C34H40N6O3. The van der Waals surface area contributed by atoms with Crippen LogP contribution in [0.15, 0.2) is 30.6 Å². The number of aromatic amines is 1. The number of fused-ring (bicyclic) bond motifs is 2. The lowest BCUT2D eigenvalue weighted by atomic mass is 9.90. The molecular weight excluding hydrogens is 540 g/mol. The summed E-state index contributed by atoms with van der Waals surface area (Å²) in [5.74, 6) is -0.297. The summed E-state index contributed by atoms with van der Waals surface area (Å²) in [6, 6.07) is 6.55. The molecule has 1 fully saturated rings. The molecule has 9 nitrogen and oxygen atoms in total. The van der Waals surface area contributed by atoms with Crippen molar-refractivity contribution in [3.63, 3.8) is 0 Å². The minimum absolute atomic E-state index is 0.124. The van der Waals surface area contributed by atoms with Crippen LogP contribution in [0.3, 0.4) is 0 Å². The van der Waals surface area contributed by atoms with E-state index in [2.05, 4.69) is 34.3 Å². The van der Waals surface area contributed by atoms with Gasteiger partial charge in [0, 0.05) is 68.2 Å². The maximum Gasteiger partial charge on any atom is 0.248 e. The number of ether oxygens (including phenoxy) is 1. The second kappa shape index (κ2) is 11.9. The molecule has 2 aliphatic heterocycles. The molecule has 0 aliphatic carbocycles. The summed E-state index contributed by atoms with van der Waals surface area (Å²) in [6.07, 6.45) is 7.03. The van der Waals surface area contributed by atoms with E-state index in [0.717, 1.165) is 96.7 Å². The Morgan fingerprint density at radius 2 is 1.88 bits per heavy atom. The number of nitrogens with zero attached hydrogens (tertiary/aromatic N) is 3. The molecule has 2 aromatic carbocycles. The van der Waals surface area contributed by atoms with Gasteiger partial charge in [0.1, 0.15) is 5.52 Å². The van der Waals surface area contributed by atoms with Crippen molar-refractivity contribution in [3.8, 4) is 22.4 Å². The van der Waals surface area contributed by atoms with Crippen LogP contribution in [0, 0.1) is 27.7 Å². The van der Waals surface area contributed by atoms with Crippen molar-refractivity contribution in [1.29, 1.82) is 0 Å². The highest BCUT2D eigenvalue weighted by Crippen LogP contribution is 2.36. The van der Waals surface area contributed by atoms with Gasteiger partial charge in [-0.05, 0) is 104 Å². The van der Waals surface area contributed by atoms with Crippen LogP contribution in [0.5, 0.6) is 0 Å². The molecule has 0 atom stereocenters. The predicted molar refractivity (Wildman–Crippen MR) is 168 cm³/mol. The van der Waals surface area contributed by atoms with Gasteiger partial charge in [-0.2, -0.15) is 0 Å². The number of benzene rings is 2. The molecule has 9 heteroatoms. The van der Waals surface area contributed by atoms with E-state index in [1.165, 1.54) is 16.7 Å². The first-order chi connectivity index (χ1) is 20.7. The lowest BCUT2D eigenvalue weighted by Gasteiger charge is -2.30. The molecule has 4 N–H and O–H groups in total. The molecule has 0 radical (unpaired) electrons. The number of rotatable bonds is 7. The topological polar surface area (TPSA) is 126 Å². The maximum atomic E-state index is 12.6. The van der Waals surface area contributed by atoms with Crippen molar-refractivity contribution in [2.75, 3.05) is 26.3 Å². The van der Waals surface area contributed by atoms with E-state index in [1.807, 2.05) is 39.2 Å². The zero-order chi connectivity index (χ0) is 30.2. The number of amides is 2. The van der Waals surface area contributed by atoms with Crippen LogP contribution in [0.4, 0.5) is 0 Å². The summed E-state index contributed by atoms with van der Waals surface area (Å²) in [6.45, 7) is 12.1. The third-order valence-corrected chi connectivity index (χ3v) is 9.19. The summed E-state index contributed by atoms with van der Waals surface area (Å²) in [4.78, 5) is 40.1. The summed E-state index contributed by atoms with van der Waals surface area (Å²) in [5.41, 5.74) is 18.3. The number of hydrogen-bond donors (Lipinski definition) is 3. The van der Waals surface area contributed by atoms with Crippen LogP contribution in [0.25, 0.3) is 33.5 Å². The summed E-state index contributed by atoms with van der Waals surface area (Å²) < 4.78 is 5.40. The fourth-order valence-electron chi connectivity index (χ4n) is 6.69. The molecule has 0 spiro atoms. The molecule has 6 rings (SSSR count). The monoisotopic (exact) mass is 580 g/mol. The Morgan fingerprint density at radius 3 is 2.65 bits per heavy atom. The quantitative estimate of drug-likeness (QED) is 0.292. The Hall–Kier alpha value is -4.08. The molecule has 43 heavy (non-hydrogen) atoms. The van der Waals surface area contributed by atoms with Crippen LogP contribution < -0.4 is 11.1 Å². The van der Waals surface area contributed by atoms with Crippen LogP contribution >= 0.6 is 0 Å². The van der Waals surface area contributed by atoms with Gasteiger partial charge in [0.2, 0.25) is 11.8 Å². The normalized spacial score (nSPS) is 15.9. The summed E-state index contributed by atoms with van der Waals surface area (Å²) >= 11 is 0. The average Bonchev–Trinajstić information content (AvgIpc) is 3.41. The predicted octanol–water partition coefficient (Wildman–Crippen LogP) is 4.67. The van der Waals surface area contributed by atoms with E-state index in [-0.39, 0.29) is 11.9 Å². The lowest BCUT2D eigenvalue weighted by molar-refractivity contribution is -0.122. The van der Waals surface area contributed by atoms with Gasteiger partial charge in [0.05, 0.1) is 11.9 Å². The van der Waals surface area contributed by atoms with E-state index in [1.54, 1.807) is 0 Å². The highest BCUT2D eigenvalue weighted by molar-refractivity contribution is 5.99. The van der Waals surface area contributed by atoms with E-state index in [4.69, 9.17) is 20.4 Å². The van der Waals surface area contributed by atoms with Crippen molar-refractivity contribution in [2.24, 2.45) is 5.73 Å². The number of carbonyl (C=O) groups is 2. The van der Waals surface area contributed by atoms with Crippen molar-refractivity contribution in [1.82, 2.24) is 25.2 Å². The van der Waals surface area contributed by atoms with Gasteiger partial charge in [-0.25, -0.2) is 9.97 Å². The maximum absolute atomic E-state index is 12.6.